The number of anilines is 2. The number of morpholine rings is 1. The van der Waals surface area contributed by atoms with Gasteiger partial charge in [-0.3, -0.25) is 4.79 Å². The molecule has 2 aromatic heterocycles. The third-order valence-corrected chi connectivity index (χ3v) is 5.94. The summed E-state index contributed by atoms with van der Waals surface area (Å²) in [7, 11) is 1.59. The Kier molecular flexibility index (Phi) is 5.15. The molecule has 4 rings (SSSR count). The smallest absolute Gasteiger partial charge is 0.266 e. The number of carbonyl (C=O) groups excluding carboxylic acids is 1. The van der Waals surface area contributed by atoms with Gasteiger partial charge in [0.2, 0.25) is 0 Å². The number of aryl methyl sites for hydroxylation is 2. The molecule has 0 aliphatic carbocycles. The lowest BCUT2D eigenvalue weighted by atomic mass is 10.1. The van der Waals surface area contributed by atoms with Gasteiger partial charge in [0.05, 0.1) is 36.3 Å². The van der Waals surface area contributed by atoms with Crippen LogP contribution in [0.4, 0.5) is 11.5 Å². The molecule has 1 N–H and O–H groups in total. The van der Waals surface area contributed by atoms with Crippen LogP contribution in [0.5, 0.6) is 5.75 Å². The van der Waals surface area contributed by atoms with Gasteiger partial charge in [-0.25, -0.2) is 9.97 Å². The number of aromatic nitrogens is 2. The number of carbonyl (C=O) groups is 1. The van der Waals surface area contributed by atoms with Crippen LogP contribution in [0.2, 0.25) is 0 Å². The summed E-state index contributed by atoms with van der Waals surface area (Å²) in [5.74, 6) is 2.04. The Labute approximate surface area is 167 Å². The first-order valence-corrected chi connectivity index (χ1v) is 9.95. The number of thiophene rings is 1. The Morgan fingerprint density at radius 2 is 1.96 bits per heavy atom. The molecule has 3 aromatic rings. The number of nitrogens with one attached hydrogen (secondary N) is 1. The Morgan fingerprint density at radius 3 is 2.71 bits per heavy atom. The van der Waals surface area contributed by atoms with Crippen LogP contribution in [-0.2, 0) is 4.74 Å². The number of amides is 1. The van der Waals surface area contributed by atoms with Gasteiger partial charge in [0.25, 0.3) is 5.91 Å². The summed E-state index contributed by atoms with van der Waals surface area (Å²) in [5, 5.41) is 3.90. The van der Waals surface area contributed by atoms with Crippen molar-refractivity contribution >= 4 is 39.0 Å². The highest BCUT2D eigenvalue weighted by molar-refractivity contribution is 7.20. The van der Waals surface area contributed by atoms with Crippen LogP contribution < -0.4 is 15.0 Å². The molecule has 28 heavy (non-hydrogen) atoms. The predicted octanol–water partition coefficient (Wildman–Crippen LogP) is 3.41. The van der Waals surface area contributed by atoms with Crippen molar-refractivity contribution in [3.63, 3.8) is 0 Å². The number of para-hydroxylation sites is 2. The SMILES string of the molecule is COc1ccccc1NC(=O)c1sc2nc(C)nc(N3CCOCC3)c2c1C. The summed E-state index contributed by atoms with van der Waals surface area (Å²) < 4.78 is 10.8. The maximum atomic E-state index is 13.0. The highest BCUT2D eigenvalue weighted by Gasteiger charge is 2.24. The molecule has 7 nitrogen and oxygen atoms in total. The monoisotopic (exact) mass is 398 g/mol. The molecule has 3 heterocycles. The summed E-state index contributed by atoms with van der Waals surface area (Å²) in [4.78, 5) is 25.9. The van der Waals surface area contributed by atoms with Gasteiger partial charge in [-0.05, 0) is 31.5 Å². The number of ether oxygens (including phenoxy) is 2. The van der Waals surface area contributed by atoms with E-state index >= 15 is 0 Å². The summed E-state index contributed by atoms with van der Waals surface area (Å²) >= 11 is 1.40. The van der Waals surface area contributed by atoms with Crippen molar-refractivity contribution in [3.8, 4) is 5.75 Å². The standard InChI is InChI=1S/C20H22N4O3S/c1-12-16-18(24-8-10-27-11-9-24)21-13(2)22-20(16)28-17(12)19(25)23-14-6-4-5-7-15(14)26-3/h4-7H,8-11H2,1-3H3,(H,23,25). The van der Waals surface area contributed by atoms with E-state index in [-0.39, 0.29) is 5.91 Å². The molecule has 0 atom stereocenters. The lowest BCUT2D eigenvalue weighted by Gasteiger charge is -2.28. The maximum absolute atomic E-state index is 13.0. The van der Waals surface area contributed by atoms with E-state index in [4.69, 9.17) is 9.47 Å². The van der Waals surface area contributed by atoms with Gasteiger partial charge in [-0.15, -0.1) is 11.3 Å². The van der Waals surface area contributed by atoms with Crippen molar-refractivity contribution < 1.29 is 14.3 Å². The predicted molar refractivity (Wildman–Crippen MR) is 111 cm³/mol. The maximum Gasteiger partial charge on any atom is 0.266 e. The fourth-order valence-corrected chi connectivity index (χ4v) is 4.49. The highest BCUT2D eigenvalue weighted by Crippen LogP contribution is 2.36. The number of nitrogens with zero attached hydrogens (tertiary/aromatic N) is 3. The second-order valence-corrected chi connectivity index (χ2v) is 7.58. The zero-order valence-electron chi connectivity index (χ0n) is 16.1. The van der Waals surface area contributed by atoms with Gasteiger partial charge in [0.1, 0.15) is 22.2 Å². The average Bonchev–Trinajstić information content (AvgIpc) is 3.05. The Balaban J connectivity index is 1.74. The van der Waals surface area contributed by atoms with E-state index in [1.807, 2.05) is 38.1 Å². The molecule has 1 aromatic carbocycles. The van der Waals surface area contributed by atoms with Gasteiger partial charge in [-0.1, -0.05) is 12.1 Å². The van der Waals surface area contributed by atoms with E-state index in [1.54, 1.807) is 7.11 Å². The van der Waals surface area contributed by atoms with E-state index < -0.39 is 0 Å². The number of rotatable bonds is 4. The fourth-order valence-electron chi connectivity index (χ4n) is 3.37. The van der Waals surface area contributed by atoms with Crippen LogP contribution in [0.25, 0.3) is 10.2 Å². The molecule has 0 saturated carbocycles. The zero-order valence-corrected chi connectivity index (χ0v) is 16.9. The summed E-state index contributed by atoms with van der Waals surface area (Å²) in [6.07, 6.45) is 0. The minimum Gasteiger partial charge on any atom is -0.495 e. The van der Waals surface area contributed by atoms with Crippen LogP contribution in [0, 0.1) is 13.8 Å². The van der Waals surface area contributed by atoms with Crippen LogP contribution in [-0.4, -0.2) is 49.3 Å². The van der Waals surface area contributed by atoms with Gasteiger partial charge >= 0.3 is 0 Å². The van der Waals surface area contributed by atoms with Gasteiger partial charge in [0, 0.05) is 13.1 Å². The fraction of sp³-hybridized carbons (Fsp3) is 0.350. The number of hydrogen-bond acceptors (Lipinski definition) is 7. The van der Waals surface area contributed by atoms with Gasteiger partial charge < -0.3 is 19.7 Å². The van der Waals surface area contributed by atoms with Gasteiger partial charge in [0.15, 0.2) is 0 Å². The third-order valence-electron chi connectivity index (χ3n) is 4.75. The highest BCUT2D eigenvalue weighted by atomic mass is 32.1. The Morgan fingerprint density at radius 1 is 1.21 bits per heavy atom. The van der Waals surface area contributed by atoms with Gasteiger partial charge in [-0.2, -0.15) is 0 Å². The number of hydrogen-bond donors (Lipinski definition) is 1. The molecule has 1 saturated heterocycles. The topological polar surface area (TPSA) is 76.6 Å². The zero-order chi connectivity index (χ0) is 19.7. The lowest BCUT2D eigenvalue weighted by molar-refractivity contribution is 0.102. The number of fused-ring (bicyclic) bond motifs is 1. The Bertz CT molecular complexity index is 1030. The first-order valence-electron chi connectivity index (χ1n) is 9.13. The summed E-state index contributed by atoms with van der Waals surface area (Å²) in [5.41, 5.74) is 1.54. The van der Waals surface area contributed by atoms with E-state index in [1.165, 1.54) is 11.3 Å². The molecular weight excluding hydrogens is 376 g/mol. The van der Waals surface area contributed by atoms with E-state index in [9.17, 15) is 4.79 Å². The normalized spacial score (nSPS) is 14.3. The second-order valence-electron chi connectivity index (χ2n) is 6.58. The molecule has 146 valence electrons. The molecule has 1 aliphatic heterocycles. The van der Waals surface area contributed by atoms with Crippen LogP contribution in [0.1, 0.15) is 21.1 Å². The molecule has 0 bridgehead atoms. The van der Waals surface area contributed by atoms with E-state index in [0.717, 1.165) is 34.7 Å². The number of methoxy groups -OCH3 is 1. The second kappa shape index (κ2) is 7.73. The summed E-state index contributed by atoms with van der Waals surface area (Å²) in [6, 6.07) is 7.37. The molecule has 0 unspecified atom stereocenters. The molecule has 1 amide bonds. The molecular formula is C20H22N4O3S. The first kappa shape index (κ1) is 18.6. The van der Waals surface area contributed by atoms with Crippen LogP contribution in [0.3, 0.4) is 0 Å². The largest absolute Gasteiger partial charge is 0.495 e. The minimum absolute atomic E-state index is 0.171. The van der Waals surface area contributed by atoms with Crippen molar-refractivity contribution in [1.29, 1.82) is 0 Å². The summed E-state index contributed by atoms with van der Waals surface area (Å²) in [6.45, 7) is 6.75. The molecule has 1 aliphatic rings. The lowest BCUT2D eigenvalue weighted by Crippen LogP contribution is -2.37. The van der Waals surface area contributed by atoms with Crippen LogP contribution in [0.15, 0.2) is 24.3 Å². The molecule has 1 fully saturated rings. The quantitative estimate of drug-likeness (QED) is 0.726. The average molecular weight is 398 g/mol. The van der Waals surface area contributed by atoms with Crippen molar-refractivity contribution in [1.82, 2.24) is 9.97 Å². The first-order chi connectivity index (χ1) is 13.6. The van der Waals surface area contributed by atoms with E-state index in [0.29, 0.717) is 35.4 Å². The van der Waals surface area contributed by atoms with Crippen molar-refractivity contribution in [3.05, 3.63) is 40.5 Å². The Hall–Kier alpha value is -2.71. The van der Waals surface area contributed by atoms with Crippen molar-refractivity contribution in [2.75, 3.05) is 43.6 Å². The number of benzene rings is 1. The van der Waals surface area contributed by atoms with Crippen molar-refractivity contribution in [2.24, 2.45) is 0 Å². The van der Waals surface area contributed by atoms with Crippen LogP contribution >= 0.6 is 11.3 Å². The molecule has 0 radical (unpaired) electrons. The van der Waals surface area contributed by atoms with E-state index in [2.05, 4.69) is 20.2 Å². The third kappa shape index (κ3) is 3.41. The molecule has 0 spiro atoms. The molecule has 8 heteroatoms. The van der Waals surface area contributed by atoms with Crippen molar-refractivity contribution in [2.45, 2.75) is 13.8 Å². The minimum atomic E-state index is -0.171.